The molecule has 1 saturated heterocycles. The largest absolute Gasteiger partial charge is 0.506 e. The number of anilines is 4. The number of nitrogens with zero attached hydrogens (tertiary/aromatic N) is 6. The highest BCUT2D eigenvalue weighted by Crippen LogP contribution is 2.31. The van der Waals surface area contributed by atoms with E-state index in [0.717, 1.165) is 11.3 Å². The van der Waals surface area contributed by atoms with Gasteiger partial charge >= 0.3 is 0 Å². The first kappa shape index (κ1) is 23.3. The van der Waals surface area contributed by atoms with E-state index in [-0.39, 0.29) is 27.4 Å². The molecule has 34 heavy (non-hydrogen) atoms. The van der Waals surface area contributed by atoms with Gasteiger partial charge in [0.15, 0.2) is 0 Å². The van der Waals surface area contributed by atoms with Gasteiger partial charge in [-0.25, -0.2) is 5.43 Å². The number of morpholine rings is 1. The van der Waals surface area contributed by atoms with Gasteiger partial charge < -0.3 is 20.1 Å². The lowest BCUT2D eigenvalue weighted by atomic mass is 10.2. The van der Waals surface area contributed by atoms with Crippen molar-refractivity contribution in [2.45, 2.75) is 6.92 Å². The molecule has 2 aromatic carbocycles. The molecule has 1 aliphatic rings. The molecule has 176 valence electrons. The molecule has 3 aromatic rings. The summed E-state index contributed by atoms with van der Waals surface area (Å²) >= 11 is 3.11. The summed E-state index contributed by atoms with van der Waals surface area (Å²) in [5.74, 6) is 0.749. The van der Waals surface area contributed by atoms with Crippen LogP contribution in [0, 0.1) is 17.0 Å². The van der Waals surface area contributed by atoms with Crippen LogP contribution >= 0.6 is 15.9 Å². The second-order valence-electron chi connectivity index (χ2n) is 7.37. The van der Waals surface area contributed by atoms with Crippen molar-refractivity contribution in [3.63, 3.8) is 0 Å². The first-order valence-electron chi connectivity index (χ1n) is 10.3. The molecular formula is C21H21BrN8O4. The van der Waals surface area contributed by atoms with Crippen LogP contribution in [0.25, 0.3) is 0 Å². The number of aromatic hydroxyl groups is 1. The highest BCUT2D eigenvalue weighted by atomic mass is 79.9. The first-order chi connectivity index (χ1) is 16.4. The van der Waals surface area contributed by atoms with Gasteiger partial charge in [0.1, 0.15) is 5.75 Å². The molecule has 0 unspecified atom stereocenters. The molecule has 0 saturated carbocycles. The number of hydrogen-bond donors (Lipinski definition) is 3. The molecule has 0 aliphatic carbocycles. The summed E-state index contributed by atoms with van der Waals surface area (Å²) in [5.41, 5.74) is 4.61. The summed E-state index contributed by atoms with van der Waals surface area (Å²) in [6, 6.07) is 10.2. The zero-order valence-corrected chi connectivity index (χ0v) is 19.7. The number of aryl methyl sites for hydroxylation is 1. The Hall–Kier alpha value is -3.84. The van der Waals surface area contributed by atoms with Crippen LogP contribution in [0.4, 0.5) is 29.2 Å². The molecule has 1 aliphatic heterocycles. The standard InChI is InChI=1S/C21H21BrN8O4/c1-13-2-4-15(5-3-13)24-19-25-20(27-21(26-19)29-6-8-34-9-7-29)28-23-12-14-10-16(30(32)33)11-17(22)18(14)31/h2-5,10-12,31H,6-9H2,1H3,(H2,24,25,26,27,28)/b23-12+. The summed E-state index contributed by atoms with van der Waals surface area (Å²) in [7, 11) is 0. The molecule has 3 N–H and O–H groups in total. The average molecular weight is 529 g/mol. The fourth-order valence-corrected chi connectivity index (χ4v) is 3.57. The molecule has 12 nitrogen and oxygen atoms in total. The number of hydrogen-bond acceptors (Lipinski definition) is 11. The molecule has 0 atom stereocenters. The Morgan fingerprint density at radius 3 is 2.59 bits per heavy atom. The fourth-order valence-electron chi connectivity index (χ4n) is 3.11. The van der Waals surface area contributed by atoms with E-state index in [9.17, 15) is 15.2 Å². The van der Waals surface area contributed by atoms with E-state index < -0.39 is 4.92 Å². The number of phenolic OH excluding ortho intramolecular Hbond substituents is 1. The first-order valence-corrected chi connectivity index (χ1v) is 11.1. The Kier molecular flexibility index (Phi) is 7.13. The van der Waals surface area contributed by atoms with Gasteiger partial charge in [-0.1, -0.05) is 17.7 Å². The van der Waals surface area contributed by atoms with Gasteiger partial charge in [-0.2, -0.15) is 20.1 Å². The van der Waals surface area contributed by atoms with Crippen LogP contribution in [0.1, 0.15) is 11.1 Å². The minimum absolute atomic E-state index is 0.147. The van der Waals surface area contributed by atoms with Crippen LogP contribution in [0.5, 0.6) is 5.75 Å². The van der Waals surface area contributed by atoms with Gasteiger partial charge in [-0.3, -0.25) is 10.1 Å². The maximum Gasteiger partial charge on any atom is 0.271 e. The minimum Gasteiger partial charge on any atom is -0.506 e. The Labute approximate surface area is 203 Å². The molecule has 0 radical (unpaired) electrons. The Bertz CT molecular complexity index is 1220. The monoisotopic (exact) mass is 528 g/mol. The third-order valence-corrected chi connectivity index (χ3v) is 5.49. The minimum atomic E-state index is -0.557. The maximum atomic E-state index is 11.1. The van der Waals surface area contributed by atoms with Gasteiger partial charge in [0.2, 0.25) is 17.8 Å². The second kappa shape index (κ2) is 10.4. The van der Waals surface area contributed by atoms with E-state index in [1.165, 1.54) is 18.3 Å². The van der Waals surface area contributed by atoms with Gasteiger partial charge in [0.25, 0.3) is 5.69 Å². The van der Waals surface area contributed by atoms with Gasteiger partial charge in [-0.15, -0.1) is 0 Å². The number of phenols is 1. The quantitative estimate of drug-likeness (QED) is 0.235. The van der Waals surface area contributed by atoms with E-state index in [2.05, 4.69) is 46.7 Å². The summed E-state index contributed by atoms with van der Waals surface area (Å²) in [6.45, 7) is 4.39. The van der Waals surface area contributed by atoms with Crippen molar-refractivity contribution in [1.82, 2.24) is 15.0 Å². The zero-order valence-electron chi connectivity index (χ0n) is 18.1. The lowest BCUT2D eigenvalue weighted by Crippen LogP contribution is -2.37. The lowest BCUT2D eigenvalue weighted by molar-refractivity contribution is -0.385. The fraction of sp³-hybridized carbons (Fsp3) is 0.238. The van der Waals surface area contributed by atoms with E-state index in [0.29, 0.717) is 38.2 Å². The summed E-state index contributed by atoms with van der Waals surface area (Å²) in [4.78, 5) is 25.8. The normalized spacial score (nSPS) is 13.8. The lowest BCUT2D eigenvalue weighted by Gasteiger charge is -2.27. The second-order valence-corrected chi connectivity index (χ2v) is 8.22. The summed E-state index contributed by atoms with van der Waals surface area (Å²) in [6.07, 6.45) is 1.25. The Balaban J connectivity index is 1.60. The highest BCUT2D eigenvalue weighted by molar-refractivity contribution is 9.10. The number of nitrogens with one attached hydrogen (secondary N) is 2. The molecule has 0 bridgehead atoms. The Morgan fingerprint density at radius 2 is 1.88 bits per heavy atom. The van der Waals surface area contributed by atoms with Gasteiger partial charge in [0.05, 0.1) is 28.8 Å². The topological polar surface area (TPSA) is 151 Å². The van der Waals surface area contributed by atoms with Crippen LogP contribution < -0.4 is 15.6 Å². The summed E-state index contributed by atoms with van der Waals surface area (Å²) < 4.78 is 5.59. The molecule has 0 amide bonds. The third-order valence-electron chi connectivity index (χ3n) is 4.88. The molecule has 1 fully saturated rings. The number of ether oxygens (including phenoxy) is 1. The molecule has 13 heteroatoms. The number of benzene rings is 2. The average Bonchev–Trinajstić information content (AvgIpc) is 2.83. The number of aromatic nitrogens is 3. The van der Waals surface area contributed by atoms with Crippen molar-refractivity contribution in [2.75, 3.05) is 41.9 Å². The van der Waals surface area contributed by atoms with E-state index in [4.69, 9.17) is 4.74 Å². The highest BCUT2D eigenvalue weighted by Gasteiger charge is 2.17. The zero-order chi connectivity index (χ0) is 24.1. The predicted molar refractivity (Wildman–Crippen MR) is 131 cm³/mol. The van der Waals surface area contributed by atoms with E-state index in [1.807, 2.05) is 36.1 Å². The molecule has 4 rings (SSSR count). The Morgan fingerprint density at radius 1 is 1.18 bits per heavy atom. The SMILES string of the molecule is Cc1ccc(Nc2nc(N/N=C/c3cc([N+](=O)[O-])cc(Br)c3O)nc(N3CCOCC3)n2)cc1. The van der Waals surface area contributed by atoms with Crippen LogP contribution in [0.3, 0.4) is 0 Å². The number of nitro benzene ring substituents is 1. The van der Waals surface area contributed by atoms with Crippen molar-refractivity contribution in [2.24, 2.45) is 5.10 Å². The van der Waals surface area contributed by atoms with Crippen molar-refractivity contribution < 1.29 is 14.8 Å². The van der Waals surface area contributed by atoms with Gasteiger partial charge in [-0.05, 0) is 35.0 Å². The number of non-ortho nitro benzene ring substituents is 1. The predicted octanol–water partition coefficient (Wildman–Crippen LogP) is 3.58. The summed E-state index contributed by atoms with van der Waals surface area (Å²) in [5, 5.41) is 28.5. The van der Waals surface area contributed by atoms with Crippen LogP contribution in [-0.2, 0) is 4.74 Å². The molecular weight excluding hydrogens is 508 g/mol. The van der Waals surface area contributed by atoms with Crippen molar-refractivity contribution >= 4 is 51.4 Å². The number of nitro groups is 1. The molecule has 2 heterocycles. The number of hydrazone groups is 1. The van der Waals surface area contributed by atoms with E-state index >= 15 is 0 Å². The van der Waals surface area contributed by atoms with Crippen molar-refractivity contribution in [3.8, 4) is 5.75 Å². The molecule has 0 spiro atoms. The third kappa shape index (κ3) is 5.74. The number of halogens is 1. The van der Waals surface area contributed by atoms with Crippen molar-refractivity contribution in [1.29, 1.82) is 0 Å². The number of rotatable bonds is 7. The van der Waals surface area contributed by atoms with Crippen molar-refractivity contribution in [3.05, 3.63) is 62.1 Å². The van der Waals surface area contributed by atoms with Crippen LogP contribution in [0.15, 0.2) is 46.0 Å². The van der Waals surface area contributed by atoms with E-state index in [1.54, 1.807) is 0 Å². The molecule has 1 aromatic heterocycles. The van der Waals surface area contributed by atoms with Crippen LogP contribution in [-0.4, -0.2) is 57.5 Å². The maximum absolute atomic E-state index is 11.1. The van der Waals surface area contributed by atoms with Gasteiger partial charge in [0, 0.05) is 36.5 Å². The van der Waals surface area contributed by atoms with Crippen LogP contribution in [0.2, 0.25) is 0 Å². The smallest absolute Gasteiger partial charge is 0.271 e.